The van der Waals surface area contributed by atoms with Gasteiger partial charge in [0, 0.05) is 16.9 Å². The molecule has 0 aromatic heterocycles. The standard InChI is InChI=1S/C27H28N3O5P/c1-3-34-36(33,35-4-2)21-14-15-23-22(17-21)25(27(32)30-23)26(19-8-6-5-7-9-19)29-20-12-10-18(11-13-20)16-24(28)31/h5-15,17,29H,3-4,16H2,1-2H3,(H2,28,31)(H,30,32)/b26-25-. The molecular weight excluding hydrogens is 477 g/mol. The van der Waals surface area contributed by atoms with Crippen LogP contribution in [-0.2, 0) is 29.6 Å². The lowest BCUT2D eigenvalue weighted by Gasteiger charge is -2.18. The average Bonchev–Trinajstić information content (AvgIpc) is 3.19. The van der Waals surface area contributed by atoms with E-state index in [2.05, 4.69) is 10.6 Å². The van der Waals surface area contributed by atoms with Gasteiger partial charge in [0.25, 0.3) is 5.91 Å². The van der Waals surface area contributed by atoms with E-state index in [0.717, 1.165) is 16.8 Å². The van der Waals surface area contributed by atoms with Crippen molar-refractivity contribution in [2.75, 3.05) is 23.8 Å². The zero-order chi connectivity index (χ0) is 25.7. The first-order chi connectivity index (χ1) is 17.3. The molecule has 0 unspecified atom stereocenters. The number of benzene rings is 3. The highest BCUT2D eigenvalue weighted by Gasteiger charge is 2.33. The third-order valence-corrected chi connectivity index (χ3v) is 7.68. The van der Waals surface area contributed by atoms with E-state index in [1.165, 1.54) is 0 Å². The molecular formula is C27H28N3O5P. The van der Waals surface area contributed by atoms with Gasteiger partial charge >= 0.3 is 7.60 Å². The predicted molar refractivity (Wildman–Crippen MR) is 142 cm³/mol. The second-order valence-electron chi connectivity index (χ2n) is 8.10. The zero-order valence-corrected chi connectivity index (χ0v) is 21.0. The van der Waals surface area contributed by atoms with E-state index in [0.29, 0.717) is 27.8 Å². The van der Waals surface area contributed by atoms with Crippen molar-refractivity contribution >= 4 is 47.4 Å². The van der Waals surface area contributed by atoms with Gasteiger partial charge in [0.05, 0.1) is 36.2 Å². The SMILES string of the molecule is CCOP(=O)(OCC)c1ccc2c(c1)/C(=C(/Nc1ccc(CC(N)=O)cc1)c1ccccc1)C(=O)N2. The van der Waals surface area contributed by atoms with Gasteiger partial charge in [0.15, 0.2) is 0 Å². The molecule has 0 spiro atoms. The number of anilines is 2. The first-order valence-electron chi connectivity index (χ1n) is 11.6. The van der Waals surface area contributed by atoms with Gasteiger partial charge in [-0.25, -0.2) is 0 Å². The number of carbonyl (C=O) groups is 2. The van der Waals surface area contributed by atoms with Crippen molar-refractivity contribution in [1.82, 2.24) is 0 Å². The molecule has 1 aliphatic rings. The van der Waals surface area contributed by atoms with Crippen LogP contribution in [-0.4, -0.2) is 25.0 Å². The maximum Gasteiger partial charge on any atom is 0.361 e. The molecule has 0 bridgehead atoms. The van der Waals surface area contributed by atoms with E-state index in [-0.39, 0.29) is 25.5 Å². The smallest absolute Gasteiger partial charge is 0.361 e. The van der Waals surface area contributed by atoms with Gasteiger partial charge < -0.3 is 25.4 Å². The van der Waals surface area contributed by atoms with Gasteiger partial charge in [-0.1, -0.05) is 42.5 Å². The minimum atomic E-state index is -3.56. The molecule has 1 heterocycles. The van der Waals surface area contributed by atoms with Crippen molar-refractivity contribution in [3.63, 3.8) is 0 Å². The molecule has 186 valence electrons. The second kappa shape index (κ2) is 10.9. The lowest BCUT2D eigenvalue weighted by Crippen LogP contribution is -2.13. The monoisotopic (exact) mass is 505 g/mol. The number of hydrogen-bond acceptors (Lipinski definition) is 6. The number of amides is 2. The van der Waals surface area contributed by atoms with Gasteiger partial charge in [0.2, 0.25) is 5.91 Å². The number of rotatable bonds is 10. The molecule has 9 heteroatoms. The fourth-order valence-corrected chi connectivity index (χ4v) is 5.63. The average molecular weight is 506 g/mol. The Balaban J connectivity index is 1.83. The number of nitrogens with two attached hydrogens (primary N) is 1. The van der Waals surface area contributed by atoms with Crippen LogP contribution in [0.4, 0.5) is 11.4 Å². The lowest BCUT2D eigenvalue weighted by molar-refractivity contribution is -0.117. The van der Waals surface area contributed by atoms with E-state index in [4.69, 9.17) is 14.8 Å². The highest BCUT2D eigenvalue weighted by atomic mass is 31.2. The largest absolute Gasteiger partial charge is 0.369 e. The fourth-order valence-electron chi connectivity index (χ4n) is 4.04. The number of primary amides is 1. The highest BCUT2D eigenvalue weighted by Crippen LogP contribution is 2.48. The zero-order valence-electron chi connectivity index (χ0n) is 20.1. The summed E-state index contributed by atoms with van der Waals surface area (Å²) >= 11 is 0. The maximum absolute atomic E-state index is 13.4. The van der Waals surface area contributed by atoms with Gasteiger partial charge in [-0.2, -0.15) is 0 Å². The molecule has 8 nitrogen and oxygen atoms in total. The summed E-state index contributed by atoms with van der Waals surface area (Å²) in [6.45, 7) is 3.94. The minimum absolute atomic E-state index is 0.144. The Bertz CT molecular complexity index is 1340. The molecule has 0 radical (unpaired) electrons. The van der Waals surface area contributed by atoms with Crippen molar-refractivity contribution in [1.29, 1.82) is 0 Å². The molecule has 3 aromatic rings. The molecule has 3 aromatic carbocycles. The third-order valence-electron chi connectivity index (χ3n) is 5.58. The fraction of sp³-hybridized carbons (Fsp3) is 0.185. The highest BCUT2D eigenvalue weighted by molar-refractivity contribution is 7.62. The molecule has 0 saturated heterocycles. The molecule has 0 fully saturated rings. The first-order valence-corrected chi connectivity index (χ1v) is 13.2. The molecule has 0 aliphatic carbocycles. The van der Waals surface area contributed by atoms with Crippen LogP contribution in [0.2, 0.25) is 0 Å². The van der Waals surface area contributed by atoms with Crippen molar-refractivity contribution < 1.29 is 23.2 Å². The van der Waals surface area contributed by atoms with E-state index in [9.17, 15) is 14.2 Å². The lowest BCUT2D eigenvalue weighted by atomic mass is 10.00. The Morgan fingerprint density at radius 2 is 1.64 bits per heavy atom. The van der Waals surface area contributed by atoms with Gasteiger partial charge in [0.1, 0.15) is 0 Å². The molecule has 1 aliphatic heterocycles. The Labute approximate surface area is 210 Å². The Morgan fingerprint density at radius 1 is 0.972 bits per heavy atom. The Morgan fingerprint density at radius 3 is 2.25 bits per heavy atom. The van der Waals surface area contributed by atoms with E-state index >= 15 is 0 Å². The summed E-state index contributed by atoms with van der Waals surface area (Å²) in [5.41, 5.74) is 9.78. The van der Waals surface area contributed by atoms with Crippen molar-refractivity contribution in [3.05, 3.63) is 89.5 Å². The van der Waals surface area contributed by atoms with Crippen LogP contribution in [0.25, 0.3) is 11.3 Å². The Hall–Kier alpha value is -3.71. The number of hydrogen-bond donors (Lipinski definition) is 3. The Kier molecular flexibility index (Phi) is 7.70. The summed E-state index contributed by atoms with van der Waals surface area (Å²) in [5, 5.41) is 6.64. The molecule has 2 amide bonds. The summed E-state index contributed by atoms with van der Waals surface area (Å²) < 4.78 is 24.5. The number of fused-ring (bicyclic) bond motifs is 1. The summed E-state index contributed by atoms with van der Waals surface area (Å²) in [4.78, 5) is 24.5. The first kappa shape index (κ1) is 25.4. The number of carbonyl (C=O) groups excluding carboxylic acids is 2. The third kappa shape index (κ3) is 5.41. The van der Waals surface area contributed by atoms with Crippen LogP contribution in [0.3, 0.4) is 0 Å². The summed E-state index contributed by atoms with van der Waals surface area (Å²) in [6.07, 6.45) is 0.144. The van der Waals surface area contributed by atoms with Crippen LogP contribution in [0, 0.1) is 0 Å². The van der Waals surface area contributed by atoms with Gasteiger partial charge in [-0.15, -0.1) is 0 Å². The molecule has 36 heavy (non-hydrogen) atoms. The molecule has 0 saturated carbocycles. The van der Waals surface area contributed by atoms with Crippen LogP contribution < -0.4 is 21.7 Å². The van der Waals surface area contributed by atoms with Crippen molar-refractivity contribution in [2.45, 2.75) is 20.3 Å². The van der Waals surface area contributed by atoms with Gasteiger partial charge in [-0.05, 0) is 55.3 Å². The van der Waals surface area contributed by atoms with E-state index in [1.807, 2.05) is 54.6 Å². The summed E-state index contributed by atoms with van der Waals surface area (Å²) in [5.74, 6) is -0.698. The van der Waals surface area contributed by atoms with Crippen LogP contribution in [0.1, 0.15) is 30.5 Å². The summed E-state index contributed by atoms with van der Waals surface area (Å²) in [6, 6.07) is 21.8. The summed E-state index contributed by atoms with van der Waals surface area (Å²) in [7, 11) is -3.56. The number of nitrogens with one attached hydrogen (secondary N) is 2. The van der Waals surface area contributed by atoms with Crippen LogP contribution in [0.15, 0.2) is 72.8 Å². The molecule has 4 N–H and O–H groups in total. The van der Waals surface area contributed by atoms with Crippen molar-refractivity contribution in [2.24, 2.45) is 5.73 Å². The predicted octanol–water partition coefficient (Wildman–Crippen LogP) is 4.54. The van der Waals surface area contributed by atoms with E-state index in [1.54, 1.807) is 32.0 Å². The topological polar surface area (TPSA) is 120 Å². The van der Waals surface area contributed by atoms with Gasteiger partial charge in [-0.3, -0.25) is 14.2 Å². The van der Waals surface area contributed by atoms with Crippen molar-refractivity contribution in [3.8, 4) is 0 Å². The second-order valence-corrected chi connectivity index (χ2v) is 10.1. The van der Waals surface area contributed by atoms with Crippen LogP contribution >= 0.6 is 7.60 Å². The quantitative estimate of drug-likeness (QED) is 0.275. The maximum atomic E-state index is 13.4. The molecule has 4 rings (SSSR count). The minimum Gasteiger partial charge on any atom is -0.369 e. The molecule has 0 atom stereocenters. The van der Waals surface area contributed by atoms with Crippen LogP contribution in [0.5, 0.6) is 0 Å². The normalized spacial score (nSPS) is 14.2. The van der Waals surface area contributed by atoms with E-state index < -0.39 is 13.5 Å².